The molecule has 0 fully saturated rings. The lowest BCUT2D eigenvalue weighted by Crippen LogP contribution is -2.11. The van der Waals surface area contributed by atoms with Crippen molar-refractivity contribution < 1.29 is 13.2 Å². The van der Waals surface area contributed by atoms with Crippen LogP contribution in [0.25, 0.3) is 28.6 Å². The first-order valence-electron chi connectivity index (χ1n) is 9.29. The monoisotopic (exact) mass is 408 g/mol. The predicted molar refractivity (Wildman–Crippen MR) is 117 cm³/mol. The lowest BCUT2D eigenvalue weighted by molar-refractivity contribution is 0.0983. The molecule has 0 saturated carbocycles. The number of sulfonamides is 1. The van der Waals surface area contributed by atoms with Gasteiger partial charge in [0, 0.05) is 18.2 Å². The number of aryl methyl sites for hydroxylation is 1. The number of carbonyl (C=O) groups is 1. The lowest BCUT2D eigenvalue weighted by atomic mass is 9.97. The molecule has 0 bridgehead atoms. The third-order valence-corrected chi connectivity index (χ3v) is 5.94. The minimum Gasteiger partial charge on any atom is -0.313 e. The molecule has 1 aromatic heterocycles. The molecule has 150 valence electrons. The molecule has 3 aromatic rings. The molecule has 29 heavy (non-hydrogen) atoms. The van der Waals surface area contributed by atoms with Crippen LogP contribution in [0.2, 0.25) is 0 Å². The molecule has 0 spiro atoms. The predicted octanol–water partition coefficient (Wildman–Crippen LogP) is 4.78. The van der Waals surface area contributed by atoms with E-state index in [1.54, 1.807) is 18.3 Å². The second kappa shape index (κ2) is 7.81. The van der Waals surface area contributed by atoms with Gasteiger partial charge in [0.05, 0.1) is 16.3 Å². The third kappa shape index (κ3) is 3.81. The molecule has 0 amide bonds. The number of ketones is 1. The van der Waals surface area contributed by atoms with Crippen molar-refractivity contribution in [2.24, 2.45) is 5.14 Å². The largest absolute Gasteiger partial charge is 0.313 e. The molecule has 0 aliphatic heterocycles. The van der Waals surface area contributed by atoms with Crippen LogP contribution in [0.5, 0.6) is 0 Å². The molecular weight excluding hydrogens is 384 g/mol. The van der Waals surface area contributed by atoms with Gasteiger partial charge in [0.1, 0.15) is 0 Å². The normalized spacial score (nSPS) is 11.4. The summed E-state index contributed by atoms with van der Waals surface area (Å²) in [5, 5.41) is 5.21. The number of benzene rings is 2. The molecule has 0 saturated heterocycles. The Morgan fingerprint density at radius 3 is 2.07 bits per heavy atom. The third-order valence-electron chi connectivity index (χ3n) is 5.01. The molecule has 6 heteroatoms. The van der Waals surface area contributed by atoms with Crippen molar-refractivity contribution >= 4 is 22.0 Å². The van der Waals surface area contributed by atoms with Crippen LogP contribution in [0.1, 0.15) is 35.0 Å². The number of carbonyl (C=O) groups excluding carboxylic acids is 1. The van der Waals surface area contributed by atoms with Crippen LogP contribution in [0, 0.1) is 13.8 Å². The summed E-state index contributed by atoms with van der Waals surface area (Å²) in [5.74, 6) is -0.0168. The second-order valence-electron chi connectivity index (χ2n) is 6.96. The summed E-state index contributed by atoms with van der Waals surface area (Å²) < 4.78 is 25.0. The number of hydrogen-bond acceptors (Lipinski definition) is 3. The minimum absolute atomic E-state index is 0.0168. The summed E-state index contributed by atoms with van der Waals surface area (Å²) >= 11 is 0. The summed E-state index contributed by atoms with van der Waals surface area (Å²) in [7, 11) is -3.79. The van der Waals surface area contributed by atoms with Crippen molar-refractivity contribution in [2.75, 3.05) is 0 Å². The Morgan fingerprint density at radius 1 is 1.03 bits per heavy atom. The minimum atomic E-state index is -3.79. The summed E-state index contributed by atoms with van der Waals surface area (Å²) in [6.45, 7) is 9.72. The SMILES string of the molecule is C=Cn1c(C(=O)CC)c(-c2ccc(S(N)(=O)=O)cc2)c(C)c1-c1ccc(C)cc1. The van der Waals surface area contributed by atoms with Gasteiger partial charge < -0.3 is 4.57 Å². The fourth-order valence-electron chi connectivity index (χ4n) is 3.56. The van der Waals surface area contributed by atoms with Gasteiger partial charge in [-0.1, -0.05) is 55.5 Å². The Bertz CT molecular complexity index is 1190. The van der Waals surface area contributed by atoms with E-state index in [4.69, 9.17) is 5.14 Å². The Hall–Kier alpha value is -2.96. The smallest absolute Gasteiger partial charge is 0.238 e. The van der Waals surface area contributed by atoms with Gasteiger partial charge in [-0.15, -0.1) is 0 Å². The number of nitrogens with zero attached hydrogens (tertiary/aromatic N) is 1. The van der Waals surface area contributed by atoms with Crippen LogP contribution < -0.4 is 5.14 Å². The van der Waals surface area contributed by atoms with Gasteiger partial charge in [-0.2, -0.15) is 0 Å². The fourth-order valence-corrected chi connectivity index (χ4v) is 4.08. The Labute approximate surface area is 171 Å². The van der Waals surface area contributed by atoms with Crippen LogP contribution in [-0.4, -0.2) is 18.8 Å². The molecule has 2 aromatic carbocycles. The first-order valence-corrected chi connectivity index (χ1v) is 10.8. The van der Waals surface area contributed by atoms with E-state index in [1.807, 2.05) is 49.6 Å². The maximum Gasteiger partial charge on any atom is 0.238 e. The number of nitrogens with two attached hydrogens (primary N) is 1. The first-order chi connectivity index (χ1) is 13.7. The molecule has 0 unspecified atom stereocenters. The highest BCUT2D eigenvalue weighted by Crippen LogP contribution is 2.39. The second-order valence-corrected chi connectivity index (χ2v) is 8.52. The van der Waals surface area contributed by atoms with Gasteiger partial charge in [0.15, 0.2) is 5.78 Å². The summed E-state index contributed by atoms with van der Waals surface area (Å²) in [4.78, 5) is 12.9. The van der Waals surface area contributed by atoms with Crippen LogP contribution >= 0.6 is 0 Å². The van der Waals surface area contributed by atoms with Gasteiger partial charge in [0.25, 0.3) is 0 Å². The van der Waals surface area contributed by atoms with Crippen molar-refractivity contribution in [1.29, 1.82) is 0 Å². The Kier molecular flexibility index (Phi) is 5.59. The summed E-state index contributed by atoms with van der Waals surface area (Å²) in [6.07, 6.45) is 1.99. The van der Waals surface area contributed by atoms with Crippen LogP contribution in [0.3, 0.4) is 0 Å². The number of aromatic nitrogens is 1. The van der Waals surface area contributed by atoms with Crippen molar-refractivity contribution in [3.8, 4) is 22.4 Å². The van der Waals surface area contributed by atoms with Crippen LogP contribution in [0.4, 0.5) is 0 Å². The lowest BCUT2D eigenvalue weighted by Gasteiger charge is -2.09. The number of Topliss-reactive ketones (excluding diaryl/α,β-unsaturated/α-hetero) is 1. The Morgan fingerprint density at radius 2 is 1.59 bits per heavy atom. The molecule has 0 radical (unpaired) electrons. The summed E-state index contributed by atoms with van der Waals surface area (Å²) in [5.41, 5.74) is 6.00. The quantitative estimate of drug-likeness (QED) is 0.596. The zero-order chi connectivity index (χ0) is 21.3. The fraction of sp³-hybridized carbons (Fsp3) is 0.174. The summed E-state index contributed by atoms with van der Waals surface area (Å²) in [6, 6.07) is 14.4. The van der Waals surface area contributed by atoms with E-state index in [0.29, 0.717) is 12.1 Å². The molecule has 0 aliphatic carbocycles. The molecule has 3 rings (SSSR count). The highest BCUT2D eigenvalue weighted by molar-refractivity contribution is 7.89. The van der Waals surface area contributed by atoms with Crippen molar-refractivity contribution in [2.45, 2.75) is 32.1 Å². The van der Waals surface area contributed by atoms with Crippen LogP contribution in [0.15, 0.2) is 60.0 Å². The van der Waals surface area contributed by atoms with Gasteiger partial charge in [0.2, 0.25) is 10.0 Å². The highest BCUT2D eigenvalue weighted by Gasteiger charge is 2.25. The highest BCUT2D eigenvalue weighted by atomic mass is 32.2. The van der Waals surface area contributed by atoms with E-state index >= 15 is 0 Å². The number of hydrogen-bond donors (Lipinski definition) is 1. The van der Waals surface area contributed by atoms with Gasteiger partial charge in [-0.25, -0.2) is 13.6 Å². The van der Waals surface area contributed by atoms with Crippen molar-refractivity contribution in [1.82, 2.24) is 4.57 Å². The van der Waals surface area contributed by atoms with E-state index in [2.05, 4.69) is 6.58 Å². The topological polar surface area (TPSA) is 82.2 Å². The maximum absolute atomic E-state index is 12.9. The van der Waals surface area contributed by atoms with E-state index in [0.717, 1.165) is 33.5 Å². The standard InChI is InChI=1S/C23H24N2O3S/c1-5-20(26)23-21(17-11-13-19(14-12-17)29(24,27)28)16(4)22(25(23)6-2)18-9-7-15(3)8-10-18/h6-14H,2,5H2,1,3-4H3,(H2,24,27,28). The first kappa shape index (κ1) is 20.8. The van der Waals surface area contributed by atoms with Gasteiger partial charge >= 0.3 is 0 Å². The van der Waals surface area contributed by atoms with Gasteiger partial charge in [-0.3, -0.25) is 4.79 Å². The zero-order valence-electron chi connectivity index (χ0n) is 16.8. The zero-order valence-corrected chi connectivity index (χ0v) is 17.6. The average Bonchev–Trinajstić information content (AvgIpc) is 2.99. The van der Waals surface area contributed by atoms with Crippen molar-refractivity contribution in [3.63, 3.8) is 0 Å². The van der Waals surface area contributed by atoms with Crippen LogP contribution in [-0.2, 0) is 10.0 Å². The van der Waals surface area contributed by atoms with E-state index in [9.17, 15) is 13.2 Å². The molecule has 1 heterocycles. The van der Waals surface area contributed by atoms with Gasteiger partial charge in [-0.05, 0) is 42.7 Å². The Balaban J connectivity index is 2.32. The molecule has 0 aliphatic rings. The number of primary sulfonamides is 1. The molecular formula is C23H24N2O3S. The molecule has 0 atom stereocenters. The van der Waals surface area contributed by atoms with E-state index < -0.39 is 10.0 Å². The average molecular weight is 409 g/mol. The van der Waals surface area contributed by atoms with E-state index in [1.165, 1.54) is 12.1 Å². The number of rotatable bonds is 6. The van der Waals surface area contributed by atoms with E-state index in [-0.39, 0.29) is 10.7 Å². The molecule has 2 N–H and O–H groups in total. The maximum atomic E-state index is 12.9. The van der Waals surface area contributed by atoms with Crippen molar-refractivity contribution in [3.05, 3.63) is 71.9 Å². The molecule has 5 nitrogen and oxygen atoms in total.